The molecule has 1 N–H and O–H groups in total. The first-order chi connectivity index (χ1) is 15.4. The minimum atomic E-state index is -0.599. The molecule has 1 atom stereocenters. The molecule has 0 unspecified atom stereocenters. The van der Waals surface area contributed by atoms with E-state index in [9.17, 15) is 9.59 Å². The monoisotopic (exact) mass is 514 g/mol. The van der Waals surface area contributed by atoms with Gasteiger partial charge in [0.05, 0.1) is 5.75 Å². The van der Waals surface area contributed by atoms with Crippen molar-refractivity contribution in [2.75, 3.05) is 12.3 Å². The highest BCUT2D eigenvalue weighted by molar-refractivity contribution is 7.99. The Morgan fingerprint density at radius 3 is 2.38 bits per heavy atom. The Balaban J connectivity index is 2.17. The van der Waals surface area contributed by atoms with Gasteiger partial charge in [-0.2, -0.15) is 0 Å². The summed E-state index contributed by atoms with van der Waals surface area (Å²) in [5.41, 5.74) is 1.68. The predicted molar refractivity (Wildman–Crippen MR) is 137 cm³/mol. The Hall–Kier alpha value is -1.40. The van der Waals surface area contributed by atoms with Crippen molar-refractivity contribution < 1.29 is 9.59 Å². The van der Waals surface area contributed by atoms with Gasteiger partial charge in [-0.15, -0.1) is 11.8 Å². The minimum Gasteiger partial charge on any atom is -0.354 e. The van der Waals surface area contributed by atoms with Crippen LogP contribution in [0.1, 0.15) is 44.2 Å². The SMILES string of the molecule is CCCCNC(=O)[C@H](CC)N(Cc1c(Cl)cccc1Cl)C(=O)CSCc1cccc(Cl)c1. The molecule has 0 fully saturated rings. The van der Waals surface area contributed by atoms with Crippen molar-refractivity contribution in [2.24, 2.45) is 0 Å². The van der Waals surface area contributed by atoms with Crippen LogP contribution in [0, 0.1) is 0 Å². The van der Waals surface area contributed by atoms with Crippen LogP contribution < -0.4 is 5.32 Å². The van der Waals surface area contributed by atoms with Crippen molar-refractivity contribution in [3.63, 3.8) is 0 Å². The van der Waals surface area contributed by atoms with Crippen LogP contribution in [0.2, 0.25) is 15.1 Å². The zero-order valence-corrected chi connectivity index (χ0v) is 21.5. The molecular formula is C24H29Cl3N2O2S. The lowest BCUT2D eigenvalue weighted by molar-refractivity contribution is -0.139. The molecule has 2 rings (SSSR count). The van der Waals surface area contributed by atoms with E-state index in [-0.39, 0.29) is 24.1 Å². The summed E-state index contributed by atoms with van der Waals surface area (Å²) in [7, 11) is 0. The molecule has 0 spiro atoms. The summed E-state index contributed by atoms with van der Waals surface area (Å²) in [6.45, 7) is 4.73. The van der Waals surface area contributed by atoms with Crippen LogP contribution in [0.15, 0.2) is 42.5 Å². The van der Waals surface area contributed by atoms with Gasteiger partial charge in [0.25, 0.3) is 0 Å². The van der Waals surface area contributed by atoms with Crippen LogP contribution in [0.4, 0.5) is 0 Å². The topological polar surface area (TPSA) is 49.4 Å². The molecule has 2 amide bonds. The highest BCUT2D eigenvalue weighted by Crippen LogP contribution is 2.27. The van der Waals surface area contributed by atoms with E-state index in [1.807, 2.05) is 31.2 Å². The van der Waals surface area contributed by atoms with Gasteiger partial charge < -0.3 is 10.2 Å². The van der Waals surface area contributed by atoms with Crippen LogP contribution in [0.5, 0.6) is 0 Å². The number of hydrogen-bond donors (Lipinski definition) is 1. The van der Waals surface area contributed by atoms with Crippen LogP contribution in [-0.2, 0) is 21.9 Å². The maximum absolute atomic E-state index is 13.3. The molecule has 0 saturated carbocycles. The van der Waals surface area contributed by atoms with Crippen molar-refractivity contribution in [1.82, 2.24) is 10.2 Å². The maximum atomic E-state index is 13.3. The molecule has 0 heterocycles. The molecule has 174 valence electrons. The summed E-state index contributed by atoms with van der Waals surface area (Å²) in [4.78, 5) is 27.8. The fraction of sp³-hybridized carbons (Fsp3) is 0.417. The molecule has 0 saturated heterocycles. The summed E-state index contributed by atoms with van der Waals surface area (Å²) >= 11 is 20.3. The number of benzene rings is 2. The van der Waals surface area contributed by atoms with Gasteiger partial charge in [0.1, 0.15) is 6.04 Å². The minimum absolute atomic E-state index is 0.134. The molecule has 0 aliphatic heterocycles. The van der Waals surface area contributed by atoms with Gasteiger partial charge in [0, 0.05) is 39.5 Å². The van der Waals surface area contributed by atoms with E-state index in [4.69, 9.17) is 34.8 Å². The Labute approximate surface area is 210 Å². The van der Waals surface area contributed by atoms with E-state index in [0.717, 1.165) is 18.4 Å². The van der Waals surface area contributed by atoms with Crippen LogP contribution >= 0.6 is 46.6 Å². The molecule has 0 aromatic heterocycles. The van der Waals surface area contributed by atoms with Gasteiger partial charge in [-0.3, -0.25) is 9.59 Å². The van der Waals surface area contributed by atoms with Gasteiger partial charge in [-0.1, -0.05) is 73.3 Å². The van der Waals surface area contributed by atoms with E-state index in [1.165, 1.54) is 11.8 Å². The fourth-order valence-corrected chi connectivity index (χ4v) is 4.83. The number of nitrogens with one attached hydrogen (secondary N) is 1. The van der Waals surface area contributed by atoms with Crippen LogP contribution in [0.25, 0.3) is 0 Å². The van der Waals surface area contributed by atoms with E-state index in [0.29, 0.717) is 39.3 Å². The Kier molecular flexibility index (Phi) is 11.7. The summed E-state index contributed by atoms with van der Waals surface area (Å²) in [6.07, 6.45) is 2.36. The van der Waals surface area contributed by atoms with Crippen molar-refractivity contribution >= 4 is 58.4 Å². The van der Waals surface area contributed by atoms with Crippen molar-refractivity contribution in [3.05, 3.63) is 68.7 Å². The third-order valence-electron chi connectivity index (χ3n) is 4.99. The molecule has 0 bridgehead atoms. The summed E-state index contributed by atoms with van der Waals surface area (Å²) in [5.74, 6) is 0.586. The third-order valence-corrected chi connectivity index (χ3v) is 6.92. The van der Waals surface area contributed by atoms with Gasteiger partial charge in [-0.25, -0.2) is 0 Å². The van der Waals surface area contributed by atoms with Crippen LogP contribution in [0.3, 0.4) is 0 Å². The smallest absolute Gasteiger partial charge is 0.242 e. The van der Waals surface area contributed by atoms with E-state index >= 15 is 0 Å². The number of rotatable bonds is 12. The third kappa shape index (κ3) is 8.18. The molecular weight excluding hydrogens is 487 g/mol. The highest BCUT2D eigenvalue weighted by Gasteiger charge is 2.29. The first kappa shape index (κ1) is 26.8. The lowest BCUT2D eigenvalue weighted by Gasteiger charge is -2.31. The Bertz CT molecular complexity index is 890. The van der Waals surface area contributed by atoms with E-state index in [1.54, 1.807) is 23.1 Å². The quantitative estimate of drug-likeness (QED) is 0.324. The van der Waals surface area contributed by atoms with Gasteiger partial charge in [0.2, 0.25) is 11.8 Å². The second kappa shape index (κ2) is 14.0. The van der Waals surface area contributed by atoms with E-state index in [2.05, 4.69) is 12.2 Å². The van der Waals surface area contributed by atoms with E-state index < -0.39 is 6.04 Å². The number of carbonyl (C=O) groups excluding carboxylic acids is 2. The average Bonchev–Trinajstić information content (AvgIpc) is 2.75. The zero-order valence-electron chi connectivity index (χ0n) is 18.4. The van der Waals surface area contributed by atoms with Crippen molar-refractivity contribution in [1.29, 1.82) is 0 Å². The number of thioether (sulfide) groups is 1. The first-order valence-electron chi connectivity index (χ1n) is 10.7. The number of carbonyl (C=O) groups is 2. The second-order valence-electron chi connectivity index (χ2n) is 7.41. The van der Waals surface area contributed by atoms with Gasteiger partial charge in [-0.05, 0) is 42.7 Å². The number of hydrogen-bond acceptors (Lipinski definition) is 3. The summed E-state index contributed by atoms with van der Waals surface area (Å²) in [5, 5.41) is 4.57. The maximum Gasteiger partial charge on any atom is 0.242 e. The molecule has 0 aliphatic rings. The first-order valence-corrected chi connectivity index (χ1v) is 13.0. The Morgan fingerprint density at radius 1 is 1.06 bits per heavy atom. The number of amides is 2. The number of nitrogens with zero attached hydrogens (tertiary/aromatic N) is 1. The summed E-state index contributed by atoms with van der Waals surface area (Å²) < 4.78 is 0. The van der Waals surface area contributed by atoms with Gasteiger partial charge in [0.15, 0.2) is 0 Å². The van der Waals surface area contributed by atoms with Gasteiger partial charge >= 0.3 is 0 Å². The lowest BCUT2D eigenvalue weighted by atomic mass is 10.1. The second-order valence-corrected chi connectivity index (χ2v) is 9.65. The molecule has 2 aromatic carbocycles. The Morgan fingerprint density at radius 2 is 1.75 bits per heavy atom. The molecule has 0 aliphatic carbocycles. The molecule has 8 heteroatoms. The van der Waals surface area contributed by atoms with Crippen molar-refractivity contribution in [2.45, 2.75) is 51.4 Å². The molecule has 4 nitrogen and oxygen atoms in total. The summed E-state index contributed by atoms with van der Waals surface area (Å²) in [6, 6.07) is 12.2. The zero-order chi connectivity index (χ0) is 23.5. The largest absolute Gasteiger partial charge is 0.354 e. The normalized spacial score (nSPS) is 11.8. The molecule has 2 aromatic rings. The number of halogens is 3. The number of unbranched alkanes of at least 4 members (excludes halogenated alkanes) is 1. The molecule has 0 radical (unpaired) electrons. The highest BCUT2D eigenvalue weighted by atomic mass is 35.5. The average molecular weight is 516 g/mol. The molecule has 32 heavy (non-hydrogen) atoms. The van der Waals surface area contributed by atoms with Crippen molar-refractivity contribution in [3.8, 4) is 0 Å². The standard InChI is InChI=1S/C24H29Cl3N2O2S/c1-3-5-12-28-24(31)22(4-2)29(14-19-20(26)10-7-11-21(19)27)23(30)16-32-15-17-8-6-9-18(25)13-17/h6-11,13,22H,3-5,12,14-16H2,1-2H3,(H,28,31)/t22-/m0/s1. The lowest BCUT2D eigenvalue weighted by Crippen LogP contribution is -2.49. The fourth-order valence-electron chi connectivity index (χ4n) is 3.25. The predicted octanol–water partition coefficient (Wildman–Crippen LogP) is 6.60. The van der Waals surface area contributed by atoms with Crippen LogP contribution in [-0.4, -0.2) is 35.1 Å².